The van der Waals surface area contributed by atoms with Gasteiger partial charge in [0.1, 0.15) is 11.3 Å². The van der Waals surface area contributed by atoms with Crippen LogP contribution in [0.5, 0.6) is 5.75 Å². The minimum absolute atomic E-state index is 0.124. The summed E-state index contributed by atoms with van der Waals surface area (Å²) in [5.74, 6) is 0.672. The first-order valence-corrected chi connectivity index (χ1v) is 10.2. The van der Waals surface area contributed by atoms with E-state index >= 15 is 0 Å². The third-order valence-corrected chi connectivity index (χ3v) is 6.45. The maximum atomic E-state index is 10.5. The summed E-state index contributed by atoms with van der Waals surface area (Å²) < 4.78 is 6.48. The fourth-order valence-corrected chi connectivity index (χ4v) is 3.92. The molecule has 0 aliphatic rings. The minimum Gasteiger partial charge on any atom is -0.506 e. The molecule has 0 unspecified atom stereocenters. The lowest BCUT2D eigenvalue weighted by molar-refractivity contribution is 0.470. The fourth-order valence-electron chi connectivity index (χ4n) is 3.20. The van der Waals surface area contributed by atoms with Crippen molar-refractivity contribution in [2.24, 2.45) is 4.99 Å². The van der Waals surface area contributed by atoms with Crippen LogP contribution in [0.25, 0.3) is 22.6 Å². The number of halogens is 2. The Morgan fingerprint density at radius 1 is 1.10 bits per heavy atom. The number of nitrogens with zero attached hydrogens (tertiary/aromatic N) is 2. The predicted molar refractivity (Wildman–Crippen MR) is 122 cm³/mol. The van der Waals surface area contributed by atoms with Gasteiger partial charge >= 0.3 is 0 Å². The molecule has 0 radical (unpaired) electrons. The Morgan fingerprint density at radius 3 is 2.62 bits per heavy atom. The monoisotopic (exact) mass is 468 g/mol. The summed E-state index contributed by atoms with van der Waals surface area (Å²) in [6, 6.07) is 13.5. The Labute approximate surface area is 182 Å². The number of aliphatic imine (C=N–C) groups is 1. The molecule has 1 aromatic heterocycles. The van der Waals surface area contributed by atoms with Gasteiger partial charge < -0.3 is 9.52 Å². The lowest BCUT2D eigenvalue weighted by Gasteiger charge is -2.12. The molecule has 1 N–H and O–H groups in total. The average molecular weight is 470 g/mol. The molecule has 1 heterocycles. The Morgan fingerprint density at radius 2 is 1.86 bits per heavy atom. The molecule has 0 saturated carbocycles. The second-order valence-electron chi connectivity index (χ2n) is 6.89. The summed E-state index contributed by atoms with van der Waals surface area (Å²) in [6.07, 6.45) is 1.62. The van der Waals surface area contributed by atoms with Crippen molar-refractivity contribution < 1.29 is 9.52 Å². The number of oxazole rings is 1. The van der Waals surface area contributed by atoms with Gasteiger partial charge in [0.2, 0.25) is 5.89 Å². The van der Waals surface area contributed by atoms with Gasteiger partial charge in [0, 0.05) is 22.4 Å². The highest BCUT2D eigenvalue weighted by atomic mass is 79.9. The molecule has 0 fully saturated rings. The lowest BCUT2D eigenvalue weighted by atomic mass is 10.0. The molecule has 0 aliphatic heterocycles. The molecular weight excluding hydrogens is 452 g/mol. The van der Waals surface area contributed by atoms with Crippen LogP contribution in [-0.4, -0.2) is 16.3 Å². The normalized spacial score (nSPS) is 11.6. The van der Waals surface area contributed by atoms with Crippen molar-refractivity contribution in [3.05, 3.63) is 74.2 Å². The van der Waals surface area contributed by atoms with Crippen molar-refractivity contribution in [3.63, 3.8) is 0 Å². The zero-order valence-corrected chi connectivity index (χ0v) is 18.5. The smallest absolute Gasteiger partial charge is 0.227 e. The molecule has 0 spiro atoms. The van der Waals surface area contributed by atoms with Crippen LogP contribution in [0, 0.1) is 20.8 Å². The van der Waals surface area contributed by atoms with E-state index < -0.39 is 0 Å². The summed E-state index contributed by atoms with van der Waals surface area (Å²) in [5.41, 5.74) is 6.39. The number of hydrogen-bond donors (Lipinski definition) is 1. The standard InChI is InChI=1S/C23H18BrClN2O2/c1-12-6-4-9-18-21(12)27-23(29-18)15-7-5-8-16(10-15)26-11-17-13(2)20(25)14(3)19(24)22(17)28/h4-11,28H,1-3H3. The number of aromatic nitrogens is 1. The molecule has 0 amide bonds. The van der Waals surface area contributed by atoms with Gasteiger partial charge in [-0.15, -0.1) is 0 Å². The number of aromatic hydroxyl groups is 1. The van der Waals surface area contributed by atoms with Gasteiger partial charge in [-0.25, -0.2) is 4.98 Å². The number of hydrogen-bond acceptors (Lipinski definition) is 4. The van der Waals surface area contributed by atoms with Crippen LogP contribution < -0.4 is 0 Å². The molecule has 4 nitrogen and oxygen atoms in total. The van der Waals surface area contributed by atoms with Crippen LogP contribution in [0.2, 0.25) is 5.02 Å². The number of benzene rings is 3. The van der Waals surface area contributed by atoms with Gasteiger partial charge in [-0.2, -0.15) is 0 Å². The number of phenols is 1. The molecule has 146 valence electrons. The van der Waals surface area contributed by atoms with Crippen molar-refractivity contribution in [2.45, 2.75) is 20.8 Å². The maximum Gasteiger partial charge on any atom is 0.227 e. The number of fused-ring (bicyclic) bond motifs is 1. The van der Waals surface area contributed by atoms with Gasteiger partial charge in [-0.1, -0.05) is 29.8 Å². The summed E-state index contributed by atoms with van der Waals surface area (Å²) in [6.45, 7) is 5.72. The lowest BCUT2D eigenvalue weighted by Crippen LogP contribution is -1.94. The van der Waals surface area contributed by atoms with Crippen molar-refractivity contribution in [2.75, 3.05) is 0 Å². The van der Waals surface area contributed by atoms with E-state index in [2.05, 4.69) is 25.9 Å². The minimum atomic E-state index is 0.124. The second-order valence-corrected chi connectivity index (χ2v) is 8.06. The van der Waals surface area contributed by atoms with E-state index in [-0.39, 0.29) is 5.75 Å². The highest BCUT2D eigenvalue weighted by Crippen LogP contribution is 2.38. The number of rotatable bonds is 3. The van der Waals surface area contributed by atoms with Crippen molar-refractivity contribution in [3.8, 4) is 17.2 Å². The van der Waals surface area contributed by atoms with E-state index in [4.69, 9.17) is 16.0 Å². The quantitative estimate of drug-likeness (QED) is 0.320. The Bertz CT molecular complexity index is 1250. The van der Waals surface area contributed by atoms with E-state index in [1.165, 1.54) is 0 Å². The van der Waals surface area contributed by atoms with Crippen LogP contribution in [-0.2, 0) is 0 Å². The second kappa shape index (κ2) is 7.65. The molecule has 29 heavy (non-hydrogen) atoms. The Balaban J connectivity index is 1.72. The molecule has 4 rings (SSSR count). The molecule has 6 heteroatoms. The number of para-hydroxylation sites is 1. The van der Waals surface area contributed by atoms with E-state index in [1.807, 2.05) is 63.2 Å². The fraction of sp³-hybridized carbons (Fsp3) is 0.130. The first kappa shape index (κ1) is 19.7. The zero-order chi connectivity index (χ0) is 20.7. The van der Waals surface area contributed by atoms with Crippen LogP contribution in [0.3, 0.4) is 0 Å². The van der Waals surface area contributed by atoms with Crippen molar-refractivity contribution in [1.29, 1.82) is 0 Å². The van der Waals surface area contributed by atoms with Crippen LogP contribution in [0.1, 0.15) is 22.3 Å². The zero-order valence-electron chi connectivity index (χ0n) is 16.1. The first-order chi connectivity index (χ1) is 13.9. The van der Waals surface area contributed by atoms with Gasteiger partial charge in [0.05, 0.1) is 10.2 Å². The number of phenolic OH excluding ortho intramolecular Hbond substituents is 1. The highest BCUT2D eigenvalue weighted by Gasteiger charge is 2.15. The van der Waals surface area contributed by atoms with Crippen LogP contribution in [0.4, 0.5) is 5.69 Å². The molecule has 0 bridgehead atoms. The van der Waals surface area contributed by atoms with E-state index in [1.54, 1.807) is 6.21 Å². The molecular formula is C23H18BrClN2O2. The molecule has 4 aromatic rings. The van der Waals surface area contributed by atoms with E-state index in [0.717, 1.165) is 33.4 Å². The SMILES string of the molecule is Cc1c(Cl)c(C)c(C=Nc2cccc(-c3nc4c(C)cccc4o3)c2)c(O)c1Br. The summed E-state index contributed by atoms with van der Waals surface area (Å²) in [4.78, 5) is 9.15. The van der Waals surface area contributed by atoms with Gasteiger partial charge in [0.25, 0.3) is 0 Å². The summed E-state index contributed by atoms with van der Waals surface area (Å²) in [7, 11) is 0. The van der Waals surface area contributed by atoms with Gasteiger partial charge in [-0.3, -0.25) is 4.99 Å². The first-order valence-electron chi connectivity index (χ1n) is 9.04. The molecule has 3 aromatic carbocycles. The largest absolute Gasteiger partial charge is 0.506 e. The topological polar surface area (TPSA) is 58.6 Å². The molecule has 0 aliphatic carbocycles. The van der Waals surface area contributed by atoms with Gasteiger partial charge in [-0.05, 0) is 77.7 Å². The Kier molecular flexibility index (Phi) is 5.19. The van der Waals surface area contributed by atoms with Crippen LogP contribution >= 0.6 is 27.5 Å². The van der Waals surface area contributed by atoms with Gasteiger partial charge in [0.15, 0.2) is 5.58 Å². The third kappa shape index (κ3) is 3.56. The van der Waals surface area contributed by atoms with Crippen molar-refractivity contribution >= 4 is 50.5 Å². The maximum absolute atomic E-state index is 10.5. The average Bonchev–Trinajstić information content (AvgIpc) is 3.17. The third-order valence-electron chi connectivity index (χ3n) is 4.91. The van der Waals surface area contributed by atoms with Crippen molar-refractivity contribution in [1.82, 2.24) is 4.98 Å². The molecule has 0 atom stereocenters. The van der Waals surface area contributed by atoms with Crippen LogP contribution in [0.15, 0.2) is 56.3 Å². The Hall–Kier alpha value is -2.63. The predicted octanol–water partition coefficient (Wildman–Crippen LogP) is 7.29. The molecule has 0 saturated heterocycles. The number of aryl methyl sites for hydroxylation is 1. The van der Waals surface area contributed by atoms with E-state index in [0.29, 0.717) is 26.6 Å². The summed E-state index contributed by atoms with van der Waals surface area (Å²) >= 11 is 9.76. The summed E-state index contributed by atoms with van der Waals surface area (Å²) in [5, 5.41) is 11.1. The van der Waals surface area contributed by atoms with E-state index in [9.17, 15) is 5.11 Å². The highest BCUT2D eigenvalue weighted by molar-refractivity contribution is 9.10.